The first-order chi connectivity index (χ1) is 17.7. The van der Waals surface area contributed by atoms with Gasteiger partial charge >= 0.3 is 0 Å². The Morgan fingerprint density at radius 1 is 0.861 bits per heavy atom. The van der Waals surface area contributed by atoms with Gasteiger partial charge in [0.1, 0.15) is 11.6 Å². The van der Waals surface area contributed by atoms with Crippen LogP contribution in [0.4, 0.5) is 0 Å². The lowest BCUT2D eigenvalue weighted by atomic mass is 10.1. The molecule has 36 heavy (non-hydrogen) atoms. The summed E-state index contributed by atoms with van der Waals surface area (Å²) in [5.41, 5.74) is 3.26. The molecule has 0 N–H and O–H groups in total. The molecule has 6 rings (SSSR count). The van der Waals surface area contributed by atoms with Crippen molar-refractivity contribution in [2.45, 2.75) is 31.8 Å². The number of ether oxygens (including phenoxy) is 1. The Morgan fingerprint density at radius 2 is 1.64 bits per heavy atom. The van der Waals surface area contributed by atoms with Crippen molar-refractivity contribution < 1.29 is 9.53 Å². The van der Waals surface area contributed by atoms with Gasteiger partial charge in [0, 0.05) is 32.0 Å². The number of benzene rings is 4. The molecule has 1 aromatic heterocycles. The predicted octanol–water partition coefficient (Wildman–Crippen LogP) is 6.17. The standard InChI is InChI=1S/C31H29N3O2/c35-30-20-26(22-33(30)21-23-9-2-1-3-10-23)31-32-28-13-6-7-14-29(28)34(31)17-8-18-36-27-16-15-24-11-4-5-12-25(24)19-27/h1-7,9-16,19,26H,8,17-18,20-22H2. The molecule has 180 valence electrons. The molecule has 0 bridgehead atoms. The lowest BCUT2D eigenvalue weighted by Crippen LogP contribution is -2.24. The zero-order chi connectivity index (χ0) is 24.3. The molecule has 1 aliphatic rings. The van der Waals surface area contributed by atoms with Gasteiger partial charge in [-0.25, -0.2) is 4.98 Å². The predicted molar refractivity (Wildman–Crippen MR) is 143 cm³/mol. The summed E-state index contributed by atoms with van der Waals surface area (Å²) in [5.74, 6) is 2.19. The van der Waals surface area contributed by atoms with Crippen LogP contribution in [0.25, 0.3) is 21.8 Å². The lowest BCUT2D eigenvalue weighted by molar-refractivity contribution is -0.128. The van der Waals surface area contributed by atoms with Gasteiger partial charge in [0.05, 0.1) is 17.6 Å². The third-order valence-corrected chi connectivity index (χ3v) is 7.00. The normalized spacial score (nSPS) is 15.7. The number of nitrogens with zero attached hydrogens (tertiary/aromatic N) is 3. The molecule has 5 aromatic rings. The summed E-state index contributed by atoms with van der Waals surface area (Å²) in [6.45, 7) is 2.77. The van der Waals surface area contributed by atoms with Crippen LogP contribution in [0.3, 0.4) is 0 Å². The third-order valence-electron chi connectivity index (χ3n) is 7.00. The molecule has 5 nitrogen and oxygen atoms in total. The second-order valence-electron chi connectivity index (χ2n) is 9.48. The number of para-hydroxylation sites is 2. The quantitative estimate of drug-likeness (QED) is 0.252. The first-order valence-electron chi connectivity index (χ1n) is 12.6. The number of likely N-dealkylation sites (tertiary alicyclic amines) is 1. The molecule has 5 heteroatoms. The highest BCUT2D eigenvalue weighted by Crippen LogP contribution is 2.31. The van der Waals surface area contributed by atoms with Gasteiger partial charge in [0.2, 0.25) is 5.91 Å². The Morgan fingerprint density at radius 3 is 2.53 bits per heavy atom. The van der Waals surface area contributed by atoms with Gasteiger partial charge in [-0.05, 0) is 47.0 Å². The fraction of sp³-hybridized carbons (Fsp3) is 0.226. The number of carbonyl (C=O) groups excluding carboxylic acids is 1. The zero-order valence-corrected chi connectivity index (χ0v) is 20.2. The van der Waals surface area contributed by atoms with E-state index < -0.39 is 0 Å². The average molecular weight is 476 g/mol. The number of rotatable bonds is 8. The number of amides is 1. The second-order valence-corrected chi connectivity index (χ2v) is 9.48. The summed E-state index contributed by atoms with van der Waals surface area (Å²) < 4.78 is 8.39. The van der Waals surface area contributed by atoms with Gasteiger partial charge < -0.3 is 14.2 Å². The van der Waals surface area contributed by atoms with E-state index in [1.807, 2.05) is 41.3 Å². The smallest absolute Gasteiger partial charge is 0.223 e. The number of carbonyl (C=O) groups is 1. The van der Waals surface area contributed by atoms with Crippen LogP contribution < -0.4 is 4.74 Å². The number of imidazole rings is 1. The summed E-state index contributed by atoms with van der Waals surface area (Å²) >= 11 is 0. The van der Waals surface area contributed by atoms with Crippen molar-refractivity contribution >= 4 is 27.7 Å². The van der Waals surface area contributed by atoms with E-state index in [9.17, 15) is 4.79 Å². The molecule has 1 unspecified atom stereocenters. The number of hydrogen-bond donors (Lipinski definition) is 0. The fourth-order valence-electron chi connectivity index (χ4n) is 5.21. The molecule has 2 heterocycles. The Balaban J connectivity index is 1.16. The van der Waals surface area contributed by atoms with Gasteiger partial charge in [-0.3, -0.25) is 4.79 Å². The molecule has 0 saturated carbocycles. The van der Waals surface area contributed by atoms with E-state index in [4.69, 9.17) is 9.72 Å². The molecule has 1 amide bonds. The average Bonchev–Trinajstić information content (AvgIpc) is 3.47. The van der Waals surface area contributed by atoms with E-state index in [2.05, 4.69) is 65.2 Å². The third kappa shape index (κ3) is 4.57. The van der Waals surface area contributed by atoms with Crippen molar-refractivity contribution in [1.82, 2.24) is 14.5 Å². The van der Waals surface area contributed by atoms with E-state index in [1.165, 1.54) is 10.8 Å². The summed E-state index contributed by atoms with van der Waals surface area (Å²) in [7, 11) is 0. The summed E-state index contributed by atoms with van der Waals surface area (Å²) in [6.07, 6.45) is 1.36. The molecule has 1 aliphatic heterocycles. The van der Waals surface area contributed by atoms with Crippen LogP contribution in [0.1, 0.15) is 30.1 Å². The molecule has 0 radical (unpaired) electrons. The molecule has 1 saturated heterocycles. The molecule has 0 spiro atoms. The number of fused-ring (bicyclic) bond motifs is 2. The summed E-state index contributed by atoms with van der Waals surface area (Å²) in [5, 5.41) is 2.40. The number of aryl methyl sites for hydroxylation is 1. The van der Waals surface area contributed by atoms with Gasteiger partial charge in [0.15, 0.2) is 0 Å². The van der Waals surface area contributed by atoms with Crippen LogP contribution in [-0.4, -0.2) is 33.5 Å². The van der Waals surface area contributed by atoms with Crippen LogP contribution in [0.5, 0.6) is 5.75 Å². The maximum atomic E-state index is 12.9. The first kappa shape index (κ1) is 22.4. The first-order valence-corrected chi connectivity index (χ1v) is 12.6. The van der Waals surface area contributed by atoms with E-state index in [-0.39, 0.29) is 11.8 Å². The fourth-order valence-corrected chi connectivity index (χ4v) is 5.21. The highest BCUT2D eigenvalue weighted by Gasteiger charge is 2.33. The van der Waals surface area contributed by atoms with Crippen molar-refractivity contribution in [3.05, 3.63) is 108 Å². The zero-order valence-electron chi connectivity index (χ0n) is 20.2. The Bertz CT molecular complexity index is 1510. The molecule has 0 aliphatic carbocycles. The van der Waals surface area contributed by atoms with E-state index in [0.717, 1.165) is 41.1 Å². The minimum absolute atomic E-state index is 0.0926. The van der Waals surface area contributed by atoms with Crippen LogP contribution in [0, 0.1) is 0 Å². The SMILES string of the molecule is O=C1CC(c2nc3ccccc3n2CCCOc2ccc3ccccc3c2)CN1Cc1ccccc1. The van der Waals surface area contributed by atoms with E-state index >= 15 is 0 Å². The number of aromatic nitrogens is 2. The van der Waals surface area contributed by atoms with Gasteiger partial charge in [0.25, 0.3) is 0 Å². The largest absolute Gasteiger partial charge is 0.494 e. The Hall–Kier alpha value is -4.12. The lowest BCUT2D eigenvalue weighted by Gasteiger charge is -2.17. The van der Waals surface area contributed by atoms with Crippen molar-refractivity contribution in [2.75, 3.05) is 13.2 Å². The minimum atomic E-state index is 0.0926. The van der Waals surface area contributed by atoms with Gasteiger partial charge in [-0.2, -0.15) is 0 Å². The number of hydrogen-bond acceptors (Lipinski definition) is 3. The Labute approximate surface area is 210 Å². The highest BCUT2D eigenvalue weighted by molar-refractivity contribution is 5.83. The van der Waals surface area contributed by atoms with Crippen molar-refractivity contribution in [3.63, 3.8) is 0 Å². The van der Waals surface area contributed by atoms with Crippen molar-refractivity contribution in [3.8, 4) is 5.75 Å². The minimum Gasteiger partial charge on any atom is -0.494 e. The van der Waals surface area contributed by atoms with E-state index in [0.29, 0.717) is 26.1 Å². The molecular weight excluding hydrogens is 446 g/mol. The molecular formula is C31H29N3O2. The van der Waals surface area contributed by atoms with Crippen LogP contribution >= 0.6 is 0 Å². The van der Waals surface area contributed by atoms with Crippen LogP contribution in [-0.2, 0) is 17.9 Å². The van der Waals surface area contributed by atoms with Gasteiger partial charge in [-0.1, -0.05) is 72.8 Å². The monoisotopic (exact) mass is 475 g/mol. The van der Waals surface area contributed by atoms with Crippen LogP contribution in [0.15, 0.2) is 97.1 Å². The van der Waals surface area contributed by atoms with Crippen molar-refractivity contribution in [2.24, 2.45) is 0 Å². The molecule has 4 aromatic carbocycles. The maximum Gasteiger partial charge on any atom is 0.223 e. The summed E-state index contributed by atoms with van der Waals surface area (Å²) in [4.78, 5) is 19.8. The highest BCUT2D eigenvalue weighted by atomic mass is 16.5. The Kier molecular flexibility index (Phi) is 6.12. The van der Waals surface area contributed by atoms with E-state index in [1.54, 1.807) is 0 Å². The molecule has 1 atom stereocenters. The van der Waals surface area contributed by atoms with Crippen molar-refractivity contribution in [1.29, 1.82) is 0 Å². The molecule has 1 fully saturated rings. The van der Waals surface area contributed by atoms with Gasteiger partial charge in [-0.15, -0.1) is 0 Å². The van der Waals surface area contributed by atoms with Crippen LogP contribution in [0.2, 0.25) is 0 Å². The maximum absolute atomic E-state index is 12.9. The second kappa shape index (κ2) is 9.86. The topological polar surface area (TPSA) is 47.4 Å². The summed E-state index contributed by atoms with van der Waals surface area (Å²) in [6, 6.07) is 33.0.